The van der Waals surface area contributed by atoms with Crippen LogP contribution in [0, 0.1) is 0 Å². The average molecular weight is 536 g/mol. The molecule has 2 amide bonds. The summed E-state index contributed by atoms with van der Waals surface area (Å²) in [7, 11) is 0. The number of hydrogen-bond acceptors (Lipinski definition) is 3. The number of rotatable bonds is 8. The van der Waals surface area contributed by atoms with E-state index in [-0.39, 0.29) is 42.3 Å². The number of nitrogens with zero attached hydrogens (tertiary/aromatic N) is 3. The number of carbonyl (C=O) groups excluding carboxylic acids is 2. The Morgan fingerprint density at radius 2 is 1.90 bits per heavy atom. The predicted molar refractivity (Wildman–Crippen MR) is 128 cm³/mol. The molecular weight excluding hydrogens is 505 g/mol. The number of hydrogen-bond donors (Lipinski definition) is 2. The lowest BCUT2D eigenvalue weighted by molar-refractivity contribution is -0.135. The highest BCUT2D eigenvalue weighted by molar-refractivity contribution is 14.0. The molecule has 0 unspecified atom stereocenters. The zero-order valence-corrected chi connectivity index (χ0v) is 20.2. The molecule has 1 fully saturated rings. The van der Waals surface area contributed by atoms with Gasteiger partial charge in [0, 0.05) is 44.2 Å². The van der Waals surface area contributed by atoms with Crippen LogP contribution in [0.5, 0.6) is 0 Å². The highest BCUT2D eigenvalue weighted by Crippen LogP contribution is 2.13. The van der Waals surface area contributed by atoms with Gasteiger partial charge in [-0.1, -0.05) is 30.7 Å². The Hall–Kier alpha value is -1.55. The van der Waals surface area contributed by atoms with Crippen LogP contribution in [0.3, 0.4) is 0 Å². The third kappa shape index (κ3) is 8.77. The van der Waals surface area contributed by atoms with Gasteiger partial charge < -0.3 is 20.4 Å². The third-order valence-corrected chi connectivity index (χ3v) is 4.66. The van der Waals surface area contributed by atoms with Gasteiger partial charge >= 0.3 is 0 Å². The Morgan fingerprint density at radius 1 is 1.17 bits per heavy atom. The fourth-order valence-electron chi connectivity index (χ4n) is 2.91. The summed E-state index contributed by atoms with van der Waals surface area (Å²) in [6.07, 6.45) is 1.26. The molecule has 0 aliphatic carbocycles. The number of aliphatic imine (C=N–C) groups is 1. The molecule has 162 valence electrons. The van der Waals surface area contributed by atoms with Crippen LogP contribution in [0.2, 0.25) is 5.02 Å². The van der Waals surface area contributed by atoms with Gasteiger partial charge in [-0.2, -0.15) is 0 Å². The van der Waals surface area contributed by atoms with Crippen molar-refractivity contribution in [3.63, 3.8) is 0 Å². The zero-order chi connectivity index (χ0) is 20.4. The molecule has 0 saturated carbocycles. The molecular formula is C20H31ClIN5O2. The Kier molecular flexibility index (Phi) is 12.0. The molecule has 0 bridgehead atoms. The lowest BCUT2D eigenvalue weighted by atomic mass is 10.2. The van der Waals surface area contributed by atoms with Gasteiger partial charge in [-0.15, -0.1) is 24.0 Å². The molecule has 0 atom stereocenters. The SMILES string of the molecule is CCCNC(=O)CCN=C(NCC)N1CCN(Cc2ccc(Cl)cc2)C(=O)C1.I. The van der Waals surface area contributed by atoms with Gasteiger partial charge in [0.1, 0.15) is 0 Å². The Balaban J connectivity index is 0.00000420. The van der Waals surface area contributed by atoms with Crippen LogP contribution < -0.4 is 10.6 Å². The smallest absolute Gasteiger partial charge is 0.242 e. The van der Waals surface area contributed by atoms with Crippen molar-refractivity contribution in [2.45, 2.75) is 33.2 Å². The van der Waals surface area contributed by atoms with Gasteiger partial charge in [0.05, 0.1) is 13.1 Å². The van der Waals surface area contributed by atoms with Crippen LogP contribution in [-0.4, -0.2) is 66.8 Å². The molecule has 9 heteroatoms. The number of halogens is 2. The van der Waals surface area contributed by atoms with Crippen molar-refractivity contribution in [2.24, 2.45) is 4.99 Å². The van der Waals surface area contributed by atoms with Crippen molar-refractivity contribution in [1.82, 2.24) is 20.4 Å². The van der Waals surface area contributed by atoms with Crippen LogP contribution >= 0.6 is 35.6 Å². The lowest BCUT2D eigenvalue weighted by Gasteiger charge is -2.36. The summed E-state index contributed by atoms with van der Waals surface area (Å²) in [5.41, 5.74) is 1.06. The molecule has 1 aromatic rings. The van der Waals surface area contributed by atoms with E-state index in [9.17, 15) is 9.59 Å². The van der Waals surface area contributed by atoms with E-state index in [1.54, 1.807) is 0 Å². The summed E-state index contributed by atoms with van der Waals surface area (Å²) in [5, 5.41) is 6.75. The number of carbonyl (C=O) groups is 2. The fraction of sp³-hybridized carbons (Fsp3) is 0.550. The molecule has 0 radical (unpaired) electrons. The maximum Gasteiger partial charge on any atom is 0.242 e. The number of nitrogens with one attached hydrogen (secondary N) is 2. The van der Waals surface area contributed by atoms with Gasteiger partial charge in [-0.25, -0.2) is 0 Å². The molecule has 1 saturated heterocycles. The summed E-state index contributed by atoms with van der Waals surface area (Å²) in [6, 6.07) is 7.56. The van der Waals surface area contributed by atoms with Gasteiger partial charge in [-0.05, 0) is 31.0 Å². The first-order valence-corrected chi connectivity index (χ1v) is 10.2. The molecule has 1 aromatic carbocycles. The summed E-state index contributed by atoms with van der Waals surface area (Å²) in [5.74, 6) is 0.753. The number of benzene rings is 1. The summed E-state index contributed by atoms with van der Waals surface area (Å²) in [4.78, 5) is 32.6. The van der Waals surface area contributed by atoms with Crippen molar-refractivity contribution in [2.75, 3.05) is 39.3 Å². The van der Waals surface area contributed by atoms with E-state index in [2.05, 4.69) is 15.6 Å². The van der Waals surface area contributed by atoms with Crippen molar-refractivity contribution in [1.29, 1.82) is 0 Å². The fourth-order valence-corrected chi connectivity index (χ4v) is 3.03. The zero-order valence-electron chi connectivity index (χ0n) is 17.1. The lowest BCUT2D eigenvalue weighted by Crippen LogP contribution is -2.55. The molecule has 1 aliphatic rings. The van der Waals surface area contributed by atoms with E-state index in [1.165, 1.54) is 0 Å². The maximum atomic E-state index is 12.6. The van der Waals surface area contributed by atoms with Crippen molar-refractivity contribution >= 4 is 53.4 Å². The quantitative estimate of drug-likeness (QED) is 0.305. The van der Waals surface area contributed by atoms with Gasteiger partial charge in [-0.3, -0.25) is 14.6 Å². The summed E-state index contributed by atoms with van der Waals surface area (Å²) >= 11 is 5.92. The first kappa shape index (κ1) is 25.5. The molecule has 2 rings (SSSR count). The minimum atomic E-state index is 0. The van der Waals surface area contributed by atoms with E-state index < -0.39 is 0 Å². The van der Waals surface area contributed by atoms with E-state index >= 15 is 0 Å². The first-order chi connectivity index (χ1) is 13.5. The molecule has 7 nitrogen and oxygen atoms in total. The second-order valence-corrected chi connectivity index (χ2v) is 7.14. The number of piperazine rings is 1. The van der Waals surface area contributed by atoms with Gasteiger partial charge in [0.25, 0.3) is 0 Å². The maximum absolute atomic E-state index is 12.6. The van der Waals surface area contributed by atoms with Crippen LogP contribution in [0.15, 0.2) is 29.3 Å². The molecule has 0 spiro atoms. The highest BCUT2D eigenvalue weighted by atomic mass is 127. The molecule has 0 aromatic heterocycles. The topological polar surface area (TPSA) is 77.0 Å². The largest absolute Gasteiger partial charge is 0.357 e. The predicted octanol–water partition coefficient (Wildman–Crippen LogP) is 2.48. The van der Waals surface area contributed by atoms with E-state index in [0.717, 1.165) is 12.0 Å². The average Bonchev–Trinajstić information content (AvgIpc) is 2.69. The first-order valence-electron chi connectivity index (χ1n) is 9.85. The van der Waals surface area contributed by atoms with Gasteiger partial charge in [0.15, 0.2) is 5.96 Å². The minimum absolute atomic E-state index is 0. The van der Waals surface area contributed by atoms with Crippen molar-refractivity contribution < 1.29 is 9.59 Å². The third-order valence-electron chi connectivity index (χ3n) is 4.41. The van der Waals surface area contributed by atoms with E-state index in [1.807, 2.05) is 47.9 Å². The Bertz CT molecular complexity index is 684. The normalized spacial score (nSPS) is 14.4. The van der Waals surface area contributed by atoms with Crippen LogP contribution in [0.4, 0.5) is 0 Å². The van der Waals surface area contributed by atoms with Crippen LogP contribution in [-0.2, 0) is 16.1 Å². The number of amides is 2. The molecule has 1 aliphatic heterocycles. The Labute approximate surface area is 195 Å². The van der Waals surface area contributed by atoms with Crippen LogP contribution in [0.25, 0.3) is 0 Å². The summed E-state index contributed by atoms with van der Waals surface area (Å²) in [6.45, 7) is 7.99. The van der Waals surface area contributed by atoms with Crippen LogP contribution in [0.1, 0.15) is 32.3 Å². The summed E-state index contributed by atoms with van der Waals surface area (Å²) < 4.78 is 0. The Morgan fingerprint density at radius 3 is 2.52 bits per heavy atom. The number of guanidine groups is 1. The second-order valence-electron chi connectivity index (χ2n) is 6.70. The van der Waals surface area contributed by atoms with Crippen molar-refractivity contribution in [3.05, 3.63) is 34.9 Å². The molecule has 1 heterocycles. The van der Waals surface area contributed by atoms with E-state index in [0.29, 0.717) is 56.7 Å². The van der Waals surface area contributed by atoms with Crippen molar-refractivity contribution in [3.8, 4) is 0 Å². The standard InChI is InChI=1S/C20H30ClN5O2.HI/c1-3-10-23-18(27)9-11-24-20(22-4-2)26-13-12-25(19(28)15-26)14-16-5-7-17(21)8-6-16;/h5-8H,3-4,9-15H2,1-2H3,(H,22,24)(H,23,27);1H. The highest BCUT2D eigenvalue weighted by Gasteiger charge is 2.26. The molecule has 2 N–H and O–H groups in total. The second kappa shape index (κ2) is 13.6. The van der Waals surface area contributed by atoms with Gasteiger partial charge in [0.2, 0.25) is 11.8 Å². The molecule has 29 heavy (non-hydrogen) atoms. The minimum Gasteiger partial charge on any atom is -0.357 e. The van der Waals surface area contributed by atoms with E-state index in [4.69, 9.17) is 11.6 Å². The monoisotopic (exact) mass is 535 g/mol.